The number of esters is 1. The van der Waals surface area contributed by atoms with Crippen molar-refractivity contribution in [2.24, 2.45) is 17.3 Å². The molecule has 0 spiro atoms. The number of hydrogen-bond acceptors (Lipinski definition) is 5. The highest BCUT2D eigenvalue weighted by Crippen LogP contribution is 2.61. The van der Waals surface area contributed by atoms with E-state index in [9.17, 15) is 4.79 Å². The monoisotopic (exact) mass is 427 g/mol. The SMILES string of the molecule is COc1ccc2c(c1)CC[C@H]1[C@H]3CC[C@@H](OC(=O)CCN4CCOCC4)[C@@]3(C)CC[C@@H]21. The summed E-state index contributed by atoms with van der Waals surface area (Å²) in [5.74, 6) is 3.00. The van der Waals surface area contributed by atoms with Crippen LogP contribution in [0.3, 0.4) is 0 Å². The Balaban J connectivity index is 1.23. The fraction of sp³-hybridized carbons (Fsp3) is 0.731. The third-order valence-corrected chi connectivity index (χ3v) is 8.86. The molecule has 1 aromatic rings. The van der Waals surface area contributed by atoms with Crippen LogP contribution in [-0.4, -0.2) is 56.9 Å². The molecule has 170 valence electrons. The summed E-state index contributed by atoms with van der Waals surface area (Å²) in [6.07, 6.45) is 7.58. The summed E-state index contributed by atoms with van der Waals surface area (Å²) in [4.78, 5) is 15.0. The third-order valence-electron chi connectivity index (χ3n) is 8.86. The molecule has 0 radical (unpaired) electrons. The van der Waals surface area contributed by atoms with E-state index >= 15 is 0 Å². The minimum Gasteiger partial charge on any atom is -0.497 e. The van der Waals surface area contributed by atoms with Gasteiger partial charge >= 0.3 is 5.97 Å². The first-order valence-corrected chi connectivity index (χ1v) is 12.2. The molecule has 1 heterocycles. The van der Waals surface area contributed by atoms with Gasteiger partial charge in [0.15, 0.2) is 0 Å². The summed E-state index contributed by atoms with van der Waals surface area (Å²) < 4.78 is 17.0. The Morgan fingerprint density at radius 3 is 2.84 bits per heavy atom. The van der Waals surface area contributed by atoms with E-state index in [1.807, 2.05) is 0 Å². The zero-order valence-corrected chi connectivity index (χ0v) is 19.1. The van der Waals surface area contributed by atoms with Gasteiger partial charge in [-0.15, -0.1) is 0 Å². The van der Waals surface area contributed by atoms with Gasteiger partial charge in [-0.1, -0.05) is 13.0 Å². The van der Waals surface area contributed by atoms with Crippen molar-refractivity contribution in [3.05, 3.63) is 29.3 Å². The maximum atomic E-state index is 12.7. The number of morpholine rings is 1. The van der Waals surface area contributed by atoms with E-state index in [0.29, 0.717) is 18.3 Å². The zero-order valence-electron chi connectivity index (χ0n) is 19.1. The second-order valence-electron chi connectivity index (χ2n) is 10.3. The number of rotatable bonds is 5. The molecule has 2 saturated carbocycles. The van der Waals surface area contributed by atoms with Crippen LogP contribution in [0.1, 0.15) is 62.5 Å². The van der Waals surface area contributed by atoms with Crippen molar-refractivity contribution in [3.63, 3.8) is 0 Å². The largest absolute Gasteiger partial charge is 0.497 e. The second kappa shape index (κ2) is 8.74. The Bertz CT molecular complexity index is 805. The molecule has 0 bridgehead atoms. The van der Waals surface area contributed by atoms with Crippen molar-refractivity contribution in [3.8, 4) is 5.75 Å². The molecular weight excluding hydrogens is 390 g/mol. The number of fused-ring (bicyclic) bond motifs is 5. The van der Waals surface area contributed by atoms with Crippen molar-refractivity contribution in [1.82, 2.24) is 4.90 Å². The molecule has 3 fully saturated rings. The van der Waals surface area contributed by atoms with E-state index in [2.05, 4.69) is 30.0 Å². The number of carbonyl (C=O) groups is 1. The standard InChI is InChI=1S/C26H37NO4/c1-26-11-9-21-20-6-4-19(29-2)17-18(20)3-5-22(21)23(26)7-8-24(26)31-25(28)10-12-27-13-15-30-16-14-27/h4,6,17,21-24H,3,5,7-16H2,1-2H3/t21-,22+,23+,24+,26-/m0/s1. The van der Waals surface area contributed by atoms with Gasteiger partial charge in [-0.3, -0.25) is 9.69 Å². The van der Waals surface area contributed by atoms with Crippen LogP contribution in [0.4, 0.5) is 0 Å². The van der Waals surface area contributed by atoms with Crippen LogP contribution in [0.5, 0.6) is 5.75 Å². The molecule has 31 heavy (non-hydrogen) atoms. The van der Waals surface area contributed by atoms with Gasteiger partial charge in [-0.2, -0.15) is 0 Å². The summed E-state index contributed by atoms with van der Waals surface area (Å²) >= 11 is 0. The lowest BCUT2D eigenvalue weighted by molar-refractivity contribution is -0.158. The Labute approximate surface area is 186 Å². The van der Waals surface area contributed by atoms with Gasteiger partial charge < -0.3 is 14.2 Å². The molecule has 1 saturated heterocycles. The van der Waals surface area contributed by atoms with E-state index in [0.717, 1.165) is 63.8 Å². The quantitative estimate of drug-likeness (QED) is 0.660. The lowest BCUT2D eigenvalue weighted by Gasteiger charge is -2.50. The van der Waals surface area contributed by atoms with Crippen molar-refractivity contribution < 1.29 is 19.0 Å². The first-order valence-electron chi connectivity index (χ1n) is 12.2. The van der Waals surface area contributed by atoms with Gasteiger partial charge in [-0.25, -0.2) is 0 Å². The molecule has 0 N–H and O–H groups in total. The number of hydrogen-bond donors (Lipinski definition) is 0. The average Bonchev–Trinajstić information content (AvgIpc) is 3.13. The number of benzene rings is 1. The normalized spacial score (nSPS) is 35.0. The molecule has 5 nitrogen and oxygen atoms in total. The van der Waals surface area contributed by atoms with Crippen LogP contribution in [0.15, 0.2) is 18.2 Å². The van der Waals surface area contributed by atoms with E-state index in [1.165, 1.54) is 24.8 Å². The van der Waals surface area contributed by atoms with Gasteiger partial charge in [0.05, 0.1) is 26.7 Å². The van der Waals surface area contributed by atoms with E-state index in [1.54, 1.807) is 12.7 Å². The zero-order chi connectivity index (χ0) is 21.4. The van der Waals surface area contributed by atoms with Crippen LogP contribution in [-0.2, 0) is 20.7 Å². The summed E-state index contributed by atoms with van der Waals surface area (Å²) in [6, 6.07) is 6.68. The van der Waals surface area contributed by atoms with Gasteiger partial charge in [-0.05, 0) is 79.5 Å². The maximum Gasteiger partial charge on any atom is 0.307 e. The molecule has 4 aliphatic rings. The van der Waals surface area contributed by atoms with Gasteiger partial charge in [0.1, 0.15) is 11.9 Å². The van der Waals surface area contributed by atoms with Crippen molar-refractivity contribution >= 4 is 5.97 Å². The van der Waals surface area contributed by atoms with Crippen LogP contribution < -0.4 is 4.74 Å². The van der Waals surface area contributed by atoms with Crippen LogP contribution >= 0.6 is 0 Å². The van der Waals surface area contributed by atoms with Gasteiger partial charge in [0.25, 0.3) is 0 Å². The summed E-state index contributed by atoms with van der Waals surface area (Å²) in [5, 5.41) is 0. The fourth-order valence-corrected chi connectivity index (χ4v) is 7.12. The highest BCUT2D eigenvalue weighted by atomic mass is 16.5. The minimum absolute atomic E-state index is 0.0124. The number of nitrogens with zero attached hydrogens (tertiary/aromatic N) is 1. The lowest BCUT2D eigenvalue weighted by Crippen LogP contribution is -2.45. The van der Waals surface area contributed by atoms with Crippen molar-refractivity contribution in [2.45, 2.75) is 63.9 Å². The molecule has 0 aromatic heterocycles. The Hall–Kier alpha value is -1.59. The Morgan fingerprint density at radius 1 is 1.19 bits per heavy atom. The molecular formula is C26H37NO4. The third kappa shape index (κ3) is 4.00. The summed E-state index contributed by atoms with van der Waals surface area (Å²) in [7, 11) is 1.75. The van der Waals surface area contributed by atoms with E-state index < -0.39 is 0 Å². The highest BCUT2D eigenvalue weighted by molar-refractivity contribution is 5.70. The Kier molecular flexibility index (Phi) is 6.00. The number of aryl methyl sites for hydroxylation is 1. The smallest absolute Gasteiger partial charge is 0.307 e. The van der Waals surface area contributed by atoms with Crippen LogP contribution in [0.25, 0.3) is 0 Å². The van der Waals surface area contributed by atoms with Gasteiger partial charge in [0, 0.05) is 25.0 Å². The van der Waals surface area contributed by atoms with Crippen LogP contribution in [0.2, 0.25) is 0 Å². The molecule has 3 aliphatic carbocycles. The van der Waals surface area contributed by atoms with Gasteiger partial charge in [0.2, 0.25) is 0 Å². The fourth-order valence-electron chi connectivity index (χ4n) is 7.12. The maximum absolute atomic E-state index is 12.7. The van der Waals surface area contributed by atoms with Crippen molar-refractivity contribution in [1.29, 1.82) is 0 Å². The predicted octanol–water partition coefficient (Wildman–Crippen LogP) is 4.19. The summed E-state index contributed by atoms with van der Waals surface area (Å²) in [6.45, 7) is 6.59. The Morgan fingerprint density at radius 2 is 2.03 bits per heavy atom. The second-order valence-corrected chi connectivity index (χ2v) is 10.3. The predicted molar refractivity (Wildman–Crippen MR) is 119 cm³/mol. The van der Waals surface area contributed by atoms with Crippen LogP contribution in [0, 0.1) is 17.3 Å². The number of carbonyl (C=O) groups excluding carboxylic acids is 1. The minimum atomic E-state index is -0.0124. The first-order chi connectivity index (χ1) is 15.1. The topological polar surface area (TPSA) is 48.0 Å². The summed E-state index contributed by atoms with van der Waals surface area (Å²) in [5.41, 5.74) is 3.16. The van der Waals surface area contributed by atoms with E-state index in [-0.39, 0.29) is 17.5 Å². The average molecular weight is 428 g/mol. The molecule has 5 heteroatoms. The first kappa shape index (κ1) is 21.3. The van der Waals surface area contributed by atoms with E-state index in [4.69, 9.17) is 14.2 Å². The molecule has 5 atom stereocenters. The number of methoxy groups -OCH3 is 1. The van der Waals surface area contributed by atoms with Crippen molar-refractivity contribution in [2.75, 3.05) is 40.0 Å². The highest BCUT2D eigenvalue weighted by Gasteiger charge is 2.56. The molecule has 0 unspecified atom stereocenters. The lowest BCUT2D eigenvalue weighted by atomic mass is 9.55. The molecule has 0 amide bonds. The molecule has 1 aliphatic heterocycles. The number of ether oxygens (including phenoxy) is 3. The molecule has 5 rings (SSSR count). The molecule has 1 aromatic carbocycles.